The lowest BCUT2D eigenvalue weighted by Gasteiger charge is -2.23. The molecule has 9 nitrogen and oxygen atoms in total. The number of halogens is 4. The molecule has 1 saturated carbocycles. The molecule has 0 aliphatic heterocycles. The monoisotopic (exact) mass is 826 g/mol. The van der Waals surface area contributed by atoms with Gasteiger partial charge in [0.05, 0.1) is 30.4 Å². The normalized spacial score (nSPS) is 13.4. The van der Waals surface area contributed by atoms with E-state index >= 15 is 0 Å². The van der Waals surface area contributed by atoms with Crippen LogP contribution in [-0.4, -0.2) is 43.6 Å². The molecule has 13 heteroatoms. The first kappa shape index (κ1) is 35.3. The predicted octanol–water partition coefficient (Wildman–Crippen LogP) is 9.70. The number of nitrogens with two attached hydrogens (primary N) is 2. The molecule has 0 spiro atoms. The summed E-state index contributed by atoms with van der Waals surface area (Å²) in [4.78, 5) is 8.90. The fourth-order valence-corrected chi connectivity index (χ4v) is 7.85. The quantitative estimate of drug-likeness (QED) is 0.103. The second-order valence-corrected chi connectivity index (χ2v) is 14.6. The Kier molecular flexibility index (Phi) is 11.3. The molecule has 4 aromatic heterocycles. The predicted molar refractivity (Wildman–Crippen MR) is 211 cm³/mol. The molecule has 0 atom stereocenters. The molecular formula is C36H38Br2Cl2N8O. The summed E-state index contributed by atoms with van der Waals surface area (Å²) in [6.07, 6.45) is 10.1. The molecule has 7 N–H and O–H groups in total. The van der Waals surface area contributed by atoms with Gasteiger partial charge in [-0.25, -0.2) is 9.97 Å². The number of pyridine rings is 2. The summed E-state index contributed by atoms with van der Waals surface area (Å²) >= 11 is 19.9. The van der Waals surface area contributed by atoms with Crippen molar-refractivity contribution in [2.45, 2.75) is 39.0 Å². The van der Waals surface area contributed by atoms with Crippen molar-refractivity contribution in [3.63, 3.8) is 0 Å². The third-order valence-electron chi connectivity index (χ3n) is 8.84. The molecule has 7 rings (SSSR count). The molecule has 49 heavy (non-hydrogen) atoms. The summed E-state index contributed by atoms with van der Waals surface area (Å²) < 4.78 is 5.33. The minimum absolute atomic E-state index is 0.0276. The number of nitrogens with zero attached hydrogens (tertiary/aromatic N) is 4. The number of rotatable bonds is 8. The fourth-order valence-electron chi connectivity index (χ4n) is 6.35. The van der Waals surface area contributed by atoms with Crippen molar-refractivity contribution in [1.82, 2.24) is 18.8 Å². The lowest BCUT2D eigenvalue weighted by Crippen LogP contribution is -2.18. The Morgan fingerprint density at radius 3 is 1.92 bits per heavy atom. The van der Waals surface area contributed by atoms with Crippen molar-refractivity contribution in [3.8, 4) is 22.3 Å². The van der Waals surface area contributed by atoms with Gasteiger partial charge in [0, 0.05) is 45.4 Å². The Balaban J connectivity index is 0.000000174. The smallest absolute Gasteiger partial charge is 0.162 e. The van der Waals surface area contributed by atoms with E-state index in [0.717, 1.165) is 66.5 Å². The highest BCUT2D eigenvalue weighted by Crippen LogP contribution is 2.39. The fraction of sp³-hybridized carbons (Fsp3) is 0.278. The number of aromatic nitrogens is 4. The number of nitrogens with one attached hydrogen (secondary N) is 2. The number of nitrogen functional groups attached to an aromatic ring is 2. The van der Waals surface area contributed by atoms with Crippen LogP contribution in [0.3, 0.4) is 0 Å². The van der Waals surface area contributed by atoms with Crippen molar-refractivity contribution in [1.29, 1.82) is 0 Å². The summed E-state index contributed by atoms with van der Waals surface area (Å²) in [7, 11) is 0. The first-order chi connectivity index (χ1) is 23.7. The zero-order valence-electron chi connectivity index (χ0n) is 27.0. The van der Waals surface area contributed by atoms with E-state index in [2.05, 4.69) is 64.6 Å². The number of aryl methyl sites for hydroxylation is 1. The summed E-state index contributed by atoms with van der Waals surface area (Å²) in [5.74, 6) is 1.89. The molecule has 1 aliphatic carbocycles. The Morgan fingerprint density at radius 2 is 1.35 bits per heavy atom. The van der Waals surface area contributed by atoms with Gasteiger partial charge in [0.15, 0.2) is 11.3 Å². The Hall–Kier alpha value is -3.48. The maximum absolute atomic E-state index is 9.05. The van der Waals surface area contributed by atoms with E-state index < -0.39 is 0 Å². The van der Waals surface area contributed by atoms with Gasteiger partial charge in [0.25, 0.3) is 0 Å². The minimum Gasteiger partial charge on any atom is -0.395 e. The lowest BCUT2D eigenvalue weighted by atomic mass is 9.89. The van der Waals surface area contributed by atoms with E-state index in [0.29, 0.717) is 33.9 Å². The Bertz CT molecular complexity index is 2110. The third kappa shape index (κ3) is 7.51. The van der Waals surface area contributed by atoms with Crippen LogP contribution in [0, 0.1) is 12.8 Å². The molecule has 0 amide bonds. The SMILES string of the molecule is Cc1ccc(-c2cc(NCC3CCCCC3)c3ncc(Br)n3c2N)c(Cl)c1.Nc1c(-c2ccccc2Cl)cc(NCCO)c2ncc(Br)n12. The van der Waals surface area contributed by atoms with Crippen LogP contribution >= 0.6 is 55.1 Å². The number of benzene rings is 2. The van der Waals surface area contributed by atoms with Crippen LogP contribution in [0.5, 0.6) is 0 Å². The summed E-state index contributed by atoms with van der Waals surface area (Å²) in [5.41, 5.74) is 20.8. The topological polar surface area (TPSA) is 131 Å². The number of aliphatic hydroxyl groups is 1. The zero-order chi connectivity index (χ0) is 34.7. The first-order valence-corrected chi connectivity index (χ1v) is 18.5. The molecule has 0 radical (unpaired) electrons. The van der Waals surface area contributed by atoms with Crippen LogP contribution < -0.4 is 22.1 Å². The van der Waals surface area contributed by atoms with E-state index in [9.17, 15) is 0 Å². The number of hydrogen-bond acceptors (Lipinski definition) is 7. The standard InChI is InChI=1S/C21H24BrClN4.C15H14BrClN4O/c1-13-7-8-15(17(23)9-13)16-10-18(25-11-14-5-3-2-4-6-14)21-26-12-19(22)27(21)20(16)24;16-13-8-20-15-12(19-5-6-22)7-10(14(18)21(13)15)9-3-1-2-4-11(9)17/h7-10,12,14,25H,2-6,11,24H2,1H3;1-4,7-8,19,22H,5-6,18H2. The molecular weight excluding hydrogens is 791 g/mol. The Labute approximate surface area is 312 Å². The highest BCUT2D eigenvalue weighted by Gasteiger charge is 2.19. The second kappa shape index (κ2) is 15.6. The van der Waals surface area contributed by atoms with Gasteiger partial charge in [0.1, 0.15) is 20.8 Å². The first-order valence-electron chi connectivity index (χ1n) is 16.2. The van der Waals surface area contributed by atoms with E-state index in [1.54, 1.807) is 16.8 Å². The molecule has 0 saturated heterocycles. The van der Waals surface area contributed by atoms with Gasteiger partial charge in [-0.3, -0.25) is 8.80 Å². The molecule has 1 fully saturated rings. The highest BCUT2D eigenvalue weighted by molar-refractivity contribution is 9.10. The molecule has 4 heterocycles. The van der Waals surface area contributed by atoms with Crippen LogP contribution in [0.1, 0.15) is 37.7 Å². The van der Waals surface area contributed by atoms with E-state index in [1.807, 2.05) is 53.8 Å². The van der Waals surface area contributed by atoms with Crippen LogP contribution in [0.25, 0.3) is 33.5 Å². The van der Waals surface area contributed by atoms with Crippen LogP contribution in [0.4, 0.5) is 23.0 Å². The molecule has 2 aromatic carbocycles. The van der Waals surface area contributed by atoms with Crippen molar-refractivity contribution in [3.05, 3.63) is 91.8 Å². The summed E-state index contributed by atoms with van der Waals surface area (Å²) in [6, 6.07) is 17.6. The number of fused-ring (bicyclic) bond motifs is 2. The van der Waals surface area contributed by atoms with E-state index in [4.69, 9.17) is 39.8 Å². The largest absolute Gasteiger partial charge is 0.395 e. The van der Waals surface area contributed by atoms with Crippen molar-refractivity contribution < 1.29 is 5.11 Å². The highest BCUT2D eigenvalue weighted by atomic mass is 79.9. The van der Waals surface area contributed by atoms with Gasteiger partial charge in [-0.1, -0.05) is 72.8 Å². The van der Waals surface area contributed by atoms with Crippen LogP contribution in [0.2, 0.25) is 10.0 Å². The third-order valence-corrected chi connectivity index (χ3v) is 10.6. The van der Waals surface area contributed by atoms with E-state index in [-0.39, 0.29) is 6.61 Å². The molecule has 1 aliphatic rings. The van der Waals surface area contributed by atoms with Crippen LogP contribution in [0.15, 0.2) is 76.2 Å². The lowest BCUT2D eigenvalue weighted by molar-refractivity contribution is 0.311. The molecule has 256 valence electrons. The molecule has 0 unspecified atom stereocenters. The average molecular weight is 829 g/mol. The van der Waals surface area contributed by atoms with E-state index in [1.165, 1.54) is 32.1 Å². The van der Waals surface area contributed by atoms with Crippen LogP contribution in [-0.2, 0) is 0 Å². The molecule has 6 aromatic rings. The maximum Gasteiger partial charge on any atom is 0.162 e. The number of aliphatic hydroxyl groups excluding tert-OH is 1. The van der Waals surface area contributed by atoms with Gasteiger partial charge >= 0.3 is 0 Å². The van der Waals surface area contributed by atoms with Gasteiger partial charge in [-0.15, -0.1) is 0 Å². The van der Waals surface area contributed by atoms with Gasteiger partial charge < -0.3 is 27.2 Å². The average Bonchev–Trinajstić information content (AvgIpc) is 3.69. The summed E-state index contributed by atoms with van der Waals surface area (Å²) in [5, 5.41) is 17.2. The van der Waals surface area contributed by atoms with Gasteiger partial charge in [-0.2, -0.15) is 0 Å². The maximum atomic E-state index is 9.05. The zero-order valence-corrected chi connectivity index (χ0v) is 31.7. The van der Waals surface area contributed by atoms with Gasteiger partial charge in [-0.05, 0) is 87.4 Å². The minimum atomic E-state index is 0.0276. The number of anilines is 4. The molecule has 0 bridgehead atoms. The number of hydrogen-bond donors (Lipinski definition) is 5. The van der Waals surface area contributed by atoms with Crippen molar-refractivity contribution >= 4 is 89.4 Å². The van der Waals surface area contributed by atoms with Crippen molar-refractivity contribution in [2.24, 2.45) is 5.92 Å². The second-order valence-electron chi connectivity index (χ2n) is 12.2. The Morgan fingerprint density at radius 1 is 0.776 bits per heavy atom. The van der Waals surface area contributed by atoms with Crippen molar-refractivity contribution in [2.75, 3.05) is 41.8 Å². The van der Waals surface area contributed by atoms with Gasteiger partial charge in [0.2, 0.25) is 0 Å². The summed E-state index contributed by atoms with van der Waals surface area (Å²) in [6.45, 7) is 3.45. The number of imidazole rings is 2.